The average molecular weight is 381 g/mol. The summed E-state index contributed by atoms with van der Waals surface area (Å²) in [7, 11) is -1.73. The first-order valence-corrected chi connectivity index (χ1v) is 9.28. The molecular weight excluding hydrogens is 348 g/mol. The largest absolute Gasteiger partial charge is 0.484 e. The van der Waals surface area contributed by atoms with E-state index in [-0.39, 0.29) is 12.2 Å². The summed E-state index contributed by atoms with van der Waals surface area (Å²) in [4.78, 5) is 19.9. The summed E-state index contributed by atoms with van der Waals surface area (Å²) in [6, 6.07) is 0. The molecule has 0 radical (unpaired) electrons. The third-order valence-corrected chi connectivity index (χ3v) is 3.72. The molecule has 0 aliphatic rings. The molecule has 0 rings (SSSR count). The Morgan fingerprint density at radius 3 is 1.68 bits per heavy atom. The third-order valence-electron chi connectivity index (χ3n) is 1.91. The number of hydrogen-bond acceptors (Lipinski definition) is 7. The van der Waals surface area contributed by atoms with E-state index in [1.807, 2.05) is 20.8 Å². The highest BCUT2D eigenvalue weighted by atomic mass is 28.3. The summed E-state index contributed by atoms with van der Waals surface area (Å²) in [5, 5.41) is 16.5. The van der Waals surface area contributed by atoms with Crippen molar-refractivity contribution in [3.05, 3.63) is 24.8 Å². The van der Waals surface area contributed by atoms with Crippen LogP contribution < -0.4 is 0 Å². The molecule has 0 aromatic carbocycles. The standard InChI is InChI=1S/C6H16O3Si.C6H10O3.C4H6O2/c1-4-7-10(8-5-2)9-6-3;1-3-6(8)9-4-5(2)7;1-3(2)4(5)6/h10H,4-6H2,1-3H3;3,5,7H,1,4H2,2H3;1H2,2H3,(H,5,6). The van der Waals surface area contributed by atoms with Crippen LogP contribution in [0.2, 0.25) is 0 Å². The second-order valence-electron chi connectivity index (χ2n) is 4.42. The SMILES string of the molecule is C=C(C)C(=O)O.C=CC(=O)OCC(C)O.CCO[SiH](OCC)OCC. The normalized spacial score (nSPS) is 10.5. The smallest absolute Gasteiger partial charge is 0.478 e. The van der Waals surface area contributed by atoms with Gasteiger partial charge in [0, 0.05) is 31.5 Å². The first-order chi connectivity index (χ1) is 11.7. The predicted octanol–water partition coefficient (Wildman–Crippen LogP) is 1.56. The Morgan fingerprint density at radius 1 is 1.12 bits per heavy atom. The van der Waals surface area contributed by atoms with Crippen LogP contribution in [0.15, 0.2) is 24.8 Å². The number of rotatable bonds is 10. The Morgan fingerprint density at radius 2 is 1.48 bits per heavy atom. The molecule has 0 amide bonds. The zero-order valence-electron chi connectivity index (χ0n) is 15.8. The molecule has 0 fully saturated rings. The predicted molar refractivity (Wildman–Crippen MR) is 97.3 cm³/mol. The van der Waals surface area contributed by atoms with Crippen LogP contribution in [0.3, 0.4) is 0 Å². The van der Waals surface area contributed by atoms with Crippen molar-refractivity contribution >= 4 is 21.5 Å². The maximum Gasteiger partial charge on any atom is 0.484 e. The minimum atomic E-state index is -1.73. The fraction of sp³-hybridized carbons (Fsp3) is 0.625. The third kappa shape index (κ3) is 27.6. The Hall–Kier alpha value is -1.52. The second-order valence-corrected chi connectivity index (χ2v) is 6.00. The molecule has 0 spiro atoms. The Kier molecular flexibility index (Phi) is 23.2. The van der Waals surface area contributed by atoms with Crippen LogP contribution in [-0.4, -0.2) is 64.2 Å². The molecule has 0 saturated carbocycles. The van der Waals surface area contributed by atoms with Crippen molar-refractivity contribution in [1.29, 1.82) is 0 Å². The van der Waals surface area contributed by atoms with Gasteiger partial charge >= 0.3 is 21.5 Å². The average Bonchev–Trinajstić information content (AvgIpc) is 2.54. The fourth-order valence-corrected chi connectivity index (χ4v) is 1.92. The van der Waals surface area contributed by atoms with Crippen LogP contribution >= 0.6 is 0 Å². The molecule has 25 heavy (non-hydrogen) atoms. The number of carboxylic acids is 1. The summed E-state index contributed by atoms with van der Waals surface area (Å²) < 4.78 is 20.1. The first kappa shape index (κ1) is 28.3. The lowest BCUT2D eigenvalue weighted by Crippen LogP contribution is -2.27. The molecule has 8 nitrogen and oxygen atoms in total. The van der Waals surface area contributed by atoms with Crippen molar-refractivity contribution in [3.8, 4) is 0 Å². The van der Waals surface area contributed by atoms with Gasteiger partial charge in [0.25, 0.3) is 0 Å². The summed E-state index contributed by atoms with van der Waals surface area (Å²) in [6.07, 6.45) is 0.455. The van der Waals surface area contributed by atoms with Gasteiger partial charge in [-0.2, -0.15) is 0 Å². The summed E-state index contributed by atoms with van der Waals surface area (Å²) in [5.74, 6) is -1.44. The molecule has 148 valence electrons. The van der Waals surface area contributed by atoms with Gasteiger partial charge in [0.2, 0.25) is 0 Å². The Bertz CT molecular complexity index is 345. The fourth-order valence-electron chi connectivity index (χ4n) is 0.814. The number of carbonyl (C=O) groups is 2. The molecule has 1 atom stereocenters. The van der Waals surface area contributed by atoms with Gasteiger partial charge in [-0.1, -0.05) is 13.2 Å². The van der Waals surface area contributed by atoms with Gasteiger partial charge in [-0.05, 0) is 34.6 Å². The number of ether oxygens (including phenoxy) is 1. The quantitative estimate of drug-likeness (QED) is 0.334. The minimum Gasteiger partial charge on any atom is -0.478 e. The molecule has 0 aliphatic carbocycles. The van der Waals surface area contributed by atoms with Gasteiger partial charge < -0.3 is 28.2 Å². The van der Waals surface area contributed by atoms with Gasteiger partial charge in [-0.25, -0.2) is 9.59 Å². The molecule has 0 aromatic rings. The topological polar surface area (TPSA) is 112 Å². The maximum absolute atomic E-state index is 10.3. The van der Waals surface area contributed by atoms with Crippen molar-refractivity contribution in [2.75, 3.05) is 26.4 Å². The van der Waals surface area contributed by atoms with E-state index < -0.39 is 27.6 Å². The number of aliphatic hydroxyl groups excluding tert-OH is 1. The van der Waals surface area contributed by atoms with Crippen LogP contribution in [0.1, 0.15) is 34.6 Å². The van der Waals surface area contributed by atoms with Crippen LogP contribution in [0.4, 0.5) is 0 Å². The van der Waals surface area contributed by atoms with Gasteiger partial charge in [0.15, 0.2) is 0 Å². The van der Waals surface area contributed by atoms with Crippen molar-refractivity contribution < 1.29 is 37.8 Å². The molecule has 1 unspecified atom stereocenters. The molecule has 0 saturated heterocycles. The summed E-state index contributed by atoms with van der Waals surface area (Å²) >= 11 is 0. The summed E-state index contributed by atoms with van der Waals surface area (Å²) in [6.45, 7) is 17.2. The van der Waals surface area contributed by atoms with E-state index >= 15 is 0 Å². The Balaban J connectivity index is -0.000000300. The monoisotopic (exact) mass is 380 g/mol. The highest BCUT2D eigenvalue weighted by molar-refractivity contribution is 6.36. The van der Waals surface area contributed by atoms with Gasteiger partial charge in [0.05, 0.1) is 6.10 Å². The zero-order chi connectivity index (χ0) is 20.3. The van der Waals surface area contributed by atoms with Crippen molar-refractivity contribution in [2.24, 2.45) is 0 Å². The number of carbonyl (C=O) groups excluding carboxylic acids is 1. The molecule has 0 aromatic heterocycles. The molecule has 9 heteroatoms. The van der Waals surface area contributed by atoms with Crippen LogP contribution in [0.5, 0.6) is 0 Å². The maximum atomic E-state index is 10.3. The van der Waals surface area contributed by atoms with Crippen LogP contribution in [0.25, 0.3) is 0 Å². The van der Waals surface area contributed by atoms with Gasteiger partial charge in [-0.15, -0.1) is 0 Å². The highest BCUT2D eigenvalue weighted by Crippen LogP contribution is 1.91. The van der Waals surface area contributed by atoms with Gasteiger partial charge in [-0.3, -0.25) is 0 Å². The van der Waals surface area contributed by atoms with E-state index in [0.717, 1.165) is 6.08 Å². The molecule has 0 bridgehead atoms. The van der Waals surface area contributed by atoms with Crippen molar-refractivity contribution in [1.82, 2.24) is 0 Å². The van der Waals surface area contributed by atoms with E-state index in [2.05, 4.69) is 17.9 Å². The lowest BCUT2D eigenvalue weighted by molar-refractivity contribution is -0.140. The summed E-state index contributed by atoms with van der Waals surface area (Å²) in [5.41, 5.74) is 0.176. The number of esters is 1. The molecule has 0 aliphatic heterocycles. The second kappa shape index (κ2) is 20.5. The molecular formula is C16H32O8Si. The number of aliphatic hydroxyl groups is 1. The van der Waals surface area contributed by atoms with E-state index in [9.17, 15) is 9.59 Å². The van der Waals surface area contributed by atoms with Crippen LogP contribution in [-0.2, 0) is 27.6 Å². The number of hydrogen-bond donors (Lipinski definition) is 2. The molecule has 2 N–H and O–H groups in total. The minimum absolute atomic E-state index is 0.0326. The van der Waals surface area contributed by atoms with Crippen molar-refractivity contribution in [3.63, 3.8) is 0 Å². The number of carboxylic acid groups (broad SMARTS) is 1. The lowest BCUT2D eigenvalue weighted by atomic mass is 10.4. The number of aliphatic carboxylic acids is 1. The Labute approximate surface area is 152 Å². The van der Waals surface area contributed by atoms with E-state index in [4.69, 9.17) is 23.5 Å². The first-order valence-electron chi connectivity index (χ1n) is 7.86. The lowest BCUT2D eigenvalue weighted by Gasteiger charge is -2.12. The zero-order valence-corrected chi connectivity index (χ0v) is 17.0. The van der Waals surface area contributed by atoms with Gasteiger partial charge in [0.1, 0.15) is 6.61 Å². The van der Waals surface area contributed by atoms with Crippen LogP contribution in [0, 0.1) is 0 Å². The van der Waals surface area contributed by atoms with E-state index in [0.29, 0.717) is 19.8 Å². The van der Waals surface area contributed by atoms with E-state index in [1.165, 1.54) is 13.8 Å². The highest BCUT2D eigenvalue weighted by Gasteiger charge is 2.11. The van der Waals surface area contributed by atoms with E-state index in [1.54, 1.807) is 0 Å². The van der Waals surface area contributed by atoms with Crippen molar-refractivity contribution in [2.45, 2.75) is 40.7 Å². The molecule has 0 heterocycles.